The minimum Gasteiger partial charge on any atom is -0.369 e. The zero-order valence-corrected chi connectivity index (χ0v) is 24.0. The van der Waals surface area contributed by atoms with Crippen LogP contribution in [-0.2, 0) is 29.1 Å². The molecule has 0 bridgehead atoms. The second-order valence-corrected chi connectivity index (χ2v) is 11.6. The van der Waals surface area contributed by atoms with Crippen LogP contribution in [0.2, 0.25) is 0 Å². The number of benzene rings is 3. The molecule has 1 fully saturated rings. The zero-order valence-electron chi connectivity index (χ0n) is 23.2. The number of hydrogen-bond acceptors (Lipinski definition) is 4. The average Bonchev–Trinajstić information content (AvgIpc) is 2.94. The Morgan fingerprint density at radius 2 is 1.55 bits per heavy atom. The van der Waals surface area contributed by atoms with Gasteiger partial charge in [0.05, 0.1) is 10.5 Å². The van der Waals surface area contributed by atoms with E-state index in [1.165, 1.54) is 60.2 Å². The van der Waals surface area contributed by atoms with Crippen LogP contribution < -0.4 is 4.90 Å². The van der Waals surface area contributed by atoms with Gasteiger partial charge < -0.3 is 4.90 Å². The molecule has 3 aromatic rings. The summed E-state index contributed by atoms with van der Waals surface area (Å²) in [5, 5.41) is 0. The molecule has 1 heterocycles. The topological polar surface area (TPSA) is 60.9 Å². The summed E-state index contributed by atoms with van der Waals surface area (Å²) in [6, 6.07) is 19.9. The molecule has 3 aromatic carbocycles. The van der Waals surface area contributed by atoms with Crippen LogP contribution in [0.1, 0.15) is 48.4 Å². The Morgan fingerprint density at radius 3 is 2.15 bits per heavy atom. The van der Waals surface area contributed by atoms with Crippen molar-refractivity contribution in [3.8, 4) is 0 Å². The molecule has 0 aromatic heterocycles. The van der Waals surface area contributed by atoms with Crippen LogP contribution in [0.3, 0.4) is 0 Å². The maximum Gasteiger partial charge on any atom is 0.416 e. The van der Waals surface area contributed by atoms with E-state index in [2.05, 4.69) is 41.8 Å². The number of aryl methyl sites for hydroxylation is 2. The molecule has 0 atom stereocenters. The largest absolute Gasteiger partial charge is 0.416 e. The number of piperazine rings is 1. The first-order chi connectivity index (χ1) is 19.0. The molecule has 1 aliphatic heterocycles. The molecule has 1 saturated heterocycles. The fourth-order valence-electron chi connectivity index (χ4n) is 4.70. The first kappa shape index (κ1) is 31.6. The fraction of sp³-hybridized carbons (Fsp3) is 0.419. The van der Waals surface area contributed by atoms with Gasteiger partial charge in [0.2, 0.25) is 0 Å². The summed E-state index contributed by atoms with van der Waals surface area (Å²) >= 11 is 0. The van der Waals surface area contributed by atoms with Crippen molar-refractivity contribution in [1.29, 1.82) is 0 Å². The standard InChI is InChI=1S/C25H33F3N2.C6H6O3S/c1-3-4-5-7-22-18-21(11-10-20(22)2)12-13-29-14-16-30(17-15-29)24-9-6-8-23(19-24)25(26,27)28;7-10(8,9)6-4-2-1-3-5-6/h6,8-11,18-19H,3-5,7,12-17H2,1-2H3;1-5H,(H,7,8,9). The number of anilines is 1. The van der Waals surface area contributed by atoms with Crippen molar-refractivity contribution in [1.82, 2.24) is 4.90 Å². The number of alkyl halides is 3. The van der Waals surface area contributed by atoms with E-state index in [1.807, 2.05) is 0 Å². The van der Waals surface area contributed by atoms with Crippen LogP contribution >= 0.6 is 0 Å². The van der Waals surface area contributed by atoms with E-state index in [0.717, 1.165) is 51.6 Å². The van der Waals surface area contributed by atoms with Crippen molar-refractivity contribution in [2.75, 3.05) is 37.6 Å². The van der Waals surface area contributed by atoms with Crippen molar-refractivity contribution in [3.63, 3.8) is 0 Å². The summed E-state index contributed by atoms with van der Waals surface area (Å²) in [6.45, 7) is 8.70. The van der Waals surface area contributed by atoms with Gasteiger partial charge in [0.25, 0.3) is 10.1 Å². The summed E-state index contributed by atoms with van der Waals surface area (Å²) in [6.07, 6.45) is 1.65. The maximum atomic E-state index is 13.0. The summed E-state index contributed by atoms with van der Waals surface area (Å²) < 4.78 is 68.2. The lowest BCUT2D eigenvalue weighted by Gasteiger charge is -2.36. The molecule has 4 rings (SSSR count). The van der Waals surface area contributed by atoms with Gasteiger partial charge in [-0.05, 0) is 73.2 Å². The SMILES string of the molecule is CCCCCc1cc(CCN2CCN(c3cccc(C(F)(F)F)c3)CC2)ccc1C.O=S(=O)(O)c1ccccc1. The van der Waals surface area contributed by atoms with Crippen LogP contribution in [0.5, 0.6) is 0 Å². The molecule has 40 heavy (non-hydrogen) atoms. The predicted octanol–water partition coefficient (Wildman–Crippen LogP) is 7.04. The van der Waals surface area contributed by atoms with Gasteiger partial charge in [0, 0.05) is 38.4 Å². The minimum absolute atomic E-state index is 0.0741. The Balaban J connectivity index is 0.000000371. The summed E-state index contributed by atoms with van der Waals surface area (Å²) in [5.74, 6) is 0. The van der Waals surface area contributed by atoms with Gasteiger partial charge in [0.1, 0.15) is 0 Å². The van der Waals surface area contributed by atoms with E-state index in [9.17, 15) is 21.6 Å². The third-order valence-corrected chi connectivity index (χ3v) is 8.00. The number of unbranched alkanes of at least 4 members (excludes halogenated alkanes) is 2. The third-order valence-electron chi connectivity index (χ3n) is 7.13. The Morgan fingerprint density at radius 1 is 0.850 bits per heavy atom. The Bertz CT molecular complexity index is 1310. The fourth-order valence-corrected chi connectivity index (χ4v) is 5.20. The first-order valence-corrected chi connectivity index (χ1v) is 15.2. The number of nitrogens with zero attached hydrogens (tertiary/aromatic N) is 2. The van der Waals surface area contributed by atoms with E-state index in [-0.39, 0.29) is 4.90 Å². The molecule has 0 saturated carbocycles. The van der Waals surface area contributed by atoms with Gasteiger partial charge in [-0.3, -0.25) is 9.45 Å². The van der Waals surface area contributed by atoms with Crippen molar-refractivity contribution in [3.05, 3.63) is 95.1 Å². The highest BCUT2D eigenvalue weighted by molar-refractivity contribution is 7.85. The molecule has 1 N–H and O–H groups in total. The maximum absolute atomic E-state index is 13.0. The van der Waals surface area contributed by atoms with E-state index in [0.29, 0.717) is 5.69 Å². The molecule has 9 heteroatoms. The average molecular weight is 577 g/mol. The number of rotatable bonds is 9. The Labute approximate surface area is 236 Å². The van der Waals surface area contributed by atoms with E-state index >= 15 is 0 Å². The van der Waals surface area contributed by atoms with Crippen LogP contribution in [0, 0.1) is 6.92 Å². The second-order valence-electron chi connectivity index (χ2n) is 10.1. The van der Waals surface area contributed by atoms with Crippen LogP contribution in [0.25, 0.3) is 0 Å². The lowest BCUT2D eigenvalue weighted by Crippen LogP contribution is -2.47. The number of halogens is 3. The Kier molecular flexibility index (Phi) is 11.6. The van der Waals surface area contributed by atoms with Crippen LogP contribution in [0.4, 0.5) is 18.9 Å². The van der Waals surface area contributed by atoms with Gasteiger partial charge in [-0.2, -0.15) is 21.6 Å². The molecule has 0 spiro atoms. The van der Waals surface area contributed by atoms with Crippen molar-refractivity contribution < 1.29 is 26.1 Å². The van der Waals surface area contributed by atoms with Crippen LogP contribution in [0.15, 0.2) is 77.7 Å². The highest BCUT2D eigenvalue weighted by Crippen LogP contribution is 2.32. The van der Waals surface area contributed by atoms with Crippen molar-refractivity contribution in [2.24, 2.45) is 0 Å². The molecule has 5 nitrogen and oxygen atoms in total. The Hall–Kier alpha value is -2.88. The molecule has 218 valence electrons. The highest BCUT2D eigenvalue weighted by atomic mass is 32.2. The molecular formula is C31H39F3N2O3S. The third kappa shape index (κ3) is 9.94. The van der Waals surface area contributed by atoms with E-state index in [1.54, 1.807) is 24.3 Å². The molecule has 0 unspecified atom stereocenters. The van der Waals surface area contributed by atoms with E-state index < -0.39 is 21.9 Å². The highest BCUT2D eigenvalue weighted by Gasteiger charge is 2.31. The summed E-state index contributed by atoms with van der Waals surface area (Å²) in [5.41, 5.74) is 4.32. The smallest absolute Gasteiger partial charge is 0.369 e. The van der Waals surface area contributed by atoms with Crippen molar-refractivity contribution >= 4 is 15.8 Å². The summed E-state index contributed by atoms with van der Waals surface area (Å²) in [4.78, 5) is 4.40. The molecule has 1 aliphatic rings. The normalized spacial score (nSPS) is 14.5. The molecule has 0 radical (unpaired) electrons. The summed E-state index contributed by atoms with van der Waals surface area (Å²) in [7, 11) is -4.00. The molecule has 0 aliphatic carbocycles. The quantitative estimate of drug-likeness (QED) is 0.219. The lowest BCUT2D eigenvalue weighted by molar-refractivity contribution is -0.137. The molecular weight excluding hydrogens is 537 g/mol. The van der Waals surface area contributed by atoms with Gasteiger partial charge in [-0.25, -0.2) is 0 Å². The van der Waals surface area contributed by atoms with Gasteiger partial charge in [-0.15, -0.1) is 0 Å². The van der Waals surface area contributed by atoms with E-state index in [4.69, 9.17) is 4.55 Å². The van der Waals surface area contributed by atoms with Gasteiger partial charge in [0.15, 0.2) is 0 Å². The second kappa shape index (κ2) is 14.7. The van der Waals surface area contributed by atoms with Crippen LogP contribution in [-0.4, -0.2) is 50.6 Å². The van der Waals surface area contributed by atoms with Gasteiger partial charge in [-0.1, -0.05) is 62.2 Å². The van der Waals surface area contributed by atoms with Crippen molar-refractivity contribution in [2.45, 2.75) is 57.0 Å². The zero-order chi connectivity index (χ0) is 29.2. The predicted molar refractivity (Wildman–Crippen MR) is 154 cm³/mol. The molecule has 0 amide bonds. The number of hydrogen-bond donors (Lipinski definition) is 1. The minimum atomic E-state index is -4.29. The lowest BCUT2D eigenvalue weighted by atomic mass is 9.98. The monoisotopic (exact) mass is 576 g/mol. The first-order valence-electron chi connectivity index (χ1n) is 13.7. The van der Waals surface area contributed by atoms with Gasteiger partial charge >= 0.3 is 6.18 Å².